The number of amides is 1. The molecule has 44 heavy (non-hydrogen) atoms. The van der Waals surface area contributed by atoms with Crippen molar-refractivity contribution in [3.8, 4) is 11.1 Å². The smallest absolute Gasteiger partial charge is 0.408 e. The van der Waals surface area contributed by atoms with Crippen molar-refractivity contribution < 1.29 is 33.0 Å². The summed E-state index contributed by atoms with van der Waals surface area (Å²) in [5, 5.41) is 17.0. The summed E-state index contributed by atoms with van der Waals surface area (Å²) in [6, 6.07) is 11.3. The van der Waals surface area contributed by atoms with Crippen molar-refractivity contribution >= 4 is 31.2 Å². The number of pyridine rings is 1. The lowest BCUT2D eigenvalue weighted by Crippen LogP contribution is -2.36. The lowest BCUT2D eigenvalue weighted by Gasteiger charge is -2.25. The largest absolute Gasteiger partial charge is 0.478 e. The molecule has 0 radical (unpaired) electrons. The average molecular weight is 625 g/mol. The first-order valence-electron chi connectivity index (χ1n) is 14.3. The summed E-state index contributed by atoms with van der Waals surface area (Å²) in [6.45, 7) is 12.7. The number of nitrogens with one attached hydrogen (secondary N) is 1. The van der Waals surface area contributed by atoms with E-state index in [4.69, 9.17) is 14.5 Å². The Balaban J connectivity index is 1.84. The maximum atomic E-state index is 14.2. The number of carboxylic acids is 1. The molecule has 2 heterocycles. The number of aromatic nitrogens is 3. The van der Waals surface area contributed by atoms with E-state index in [1.165, 1.54) is 24.3 Å². The number of carbonyl (C=O) groups excluding carboxylic acids is 1. The second-order valence-corrected chi connectivity index (χ2v) is 18.5. The van der Waals surface area contributed by atoms with Crippen molar-refractivity contribution in [2.24, 2.45) is 0 Å². The first-order chi connectivity index (χ1) is 20.6. The van der Waals surface area contributed by atoms with E-state index in [1.807, 2.05) is 6.07 Å². The predicted octanol–water partition coefficient (Wildman–Crippen LogP) is 7.20. The number of alkyl carbamates (subject to hydrolysis) is 1. The van der Waals surface area contributed by atoms with Crippen LogP contribution in [0.25, 0.3) is 22.2 Å². The van der Waals surface area contributed by atoms with Crippen LogP contribution in [0.1, 0.15) is 48.4 Å². The number of aromatic carboxylic acids is 1. The predicted molar refractivity (Wildman–Crippen MR) is 166 cm³/mol. The molecular formula is C32H38F2N4O5Si. The Bertz CT molecular complexity index is 1640. The third-order valence-corrected chi connectivity index (χ3v) is 8.38. The van der Waals surface area contributed by atoms with Crippen molar-refractivity contribution in [1.82, 2.24) is 20.1 Å². The first kappa shape index (κ1) is 32.7. The van der Waals surface area contributed by atoms with Crippen LogP contribution in [0.4, 0.5) is 13.6 Å². The second-order valence-electron chi connectivity index (χ2n) is 12.9. The van der Waals surface area contributed by atoms with E-state index in [2.05, 4.69) is 30.1 Å². The van der Waals surface area contributed by atoms with Crippen LogP contribution in [-0.2, 0) is 22.6 Å². The van der Waals surface area contributed by atoms with Gasteiger partial charge < -0.3 is 19.9 Å². The molecule has 0 spiro atoms. The maximum Gasteiger partial charge on any atom is 0.408 e. The summed E-state index contributed by atoms with van der Waals surface area (Å²) in [5.74, 6) is -2.63. The summed E-state index contributed by atoms with van der Waals surface area (Å²) in [6.07, 6.45) is 0.786. The molecular weight excluding hydrogens is 586 g/mol. The highest BCUT2D eigenvalue weighted by molar-refractivity contribution is 6.76. The van der Waals surface area contributed by atoms with Crippen LogP contribution >= 0.6 is 0 Å². The molecule has 0 saturated carbocycles. The standard InChI is InChI=1S/C32H38F2N4O5Si/c1-32(2,3)43-31(41)37-26(14-20-12-23(33)16-24(34)13-20)29-25(21-8-7-9-22(15-21)30(39)40)17-28-27(36-29)18-35-38(28)19-42-10-11-44(4,5)6/h7-9,12-13,15-18,26H,10-11,14,19H2,1-6H3,(H,37,41)(H,39,40). The summed E-state index contributed by atoms with van der Waals surface area (Å²) in [7, 11) is -1.30. The fourth-order valence-corrected chi connectivity index (χ4v) is 5.36. The van der Waals surface area contributed by atoms with E-state index < -0.39 is 43.4 Å². The molecule has 4 aromatic rings. The van der Waals surface area contributed by atoms with Crippen molar-refractivity contribution in [2.75, 3.05) is 6.61 Å². The van der Waals surface area contributed by atoms with Crippen LogP contribution in [-0.4, -0.2) is 52.2 Å². The molecule has 1 atom stereocenters. The fraction of sp³-hybridized carbons (Fsp3) is 0.375. The Morgan fingerprint density at radius 3 is 2.41 bits per heavy atom. The van der Waals surface area contributed by atoms with Gasteiger partial charge in [0.25, 0.3) is 0 Å². The van der Waals surface area contributed by atoms with E-state index in [0.717, 1.165) is 12.1 Å². The topological polar surface area (TPSA) is 116 Å². The molecule has 2 aromatic heterocycles. The van der Waals surface area contributed by atoms with Gasteiger partial charge in [0, 0.05) is 26.3 Å². The van der Waals surface area contributed by atoms with Gasteiger partial charge in [-0.15, -0.1) is 0 Å². The minimum atomic E-state index is -1.30. The van der Waals surface area contributed by atoms with Crippen molar-refractivity contribution in [3.63, 3.8) is 0 Å². The van der Waals surface area contributed by atoms with E-state index in [-0.39, 0.29) is 24.3 Å². The van der Waals surface area contributed by atoms with Crippen molar-refractivity contribution in [2.45, 2.75) is 71.3 Å². The quantitative estimate of drug-likeness (QED) is 0.134. The Kier molecular flexibility index (Phi) is 9.84. The average Bonchev–Trinajstić information content (AvgIpc) is 3.29. The van der Waals surface area contributed by atoms with Gasteiger partial charge in [0.1, 0.15) is 29.5 Å². The van der Waals surface area contributed by atoms with Gasteiger partial charge in [0.05, 0.1) is 29.0 Å². The molecule has 12 heteroatoms. The minimum absolute atomic E-state index is 0.0357. The van der Waals surface area contributed by atoms with Crippen LogP contribution in [0.5, 0.6) is 0 Å². The molecule has 4 rings (SSSR count). The van der Waals surface area contributed by atoms with Gasteiger partial charge in [-0.2, -0.15) is 5.10 Å². The number of hydrogen-bond donors (Lipinski definition) is 2. The Morgan fingerprint density at radius 1 is 1.07 bits per heavy atom. The number of rotatable bonds is 11. The monoisotopic (exact) mass is 624 g/mol. The zero-order chi connectivity index (χ0) is 32.2. The third-order valence-electron chi connectivity index (χ3n) is 6.67. The highest BCUT2D eigenvalue weighted by Crippen LogP contribution is 2.33. The summed E-state index contributed by atoms with van der Waals surface area (Å²) in [4.78, 5) is 29.7. The summed E-state index contributed by atoms with van der Waals surface area (Å²) in [5.41, 5.74) is 2.01. The Morgan fingerprint density at radius 2 is 1.77 bits per heavy atom. The second kappa shape index (κ2) is 13.2. The molecule has 9 nitrogen and oxygen atoms in total. The SMILES string of the molecule is CC(C)(C)OC(=O)NC(Cc1cc(F)cc(F)c1)c1nc2cnn(COCC[Si](C)(C)C)c2cc1-c1cccc(C(=O)O)c1. The molecule has 0 fully saturated rings. The Hall–Kier alpha value is -4.16. The zero-order valence-corrected chi connectivity index (χ0v) is 26.8. The third kappa shape index (κ3) is 8.93. The molecule has 0 aliphatic heterocycles. The molecule has 2 N–H and O–H groups in total. The molecule has 234 valence electrons. The van der Waals surface area contributed by atoms with E-state index in [0.29, 0.717) is 34.5 Å². The van der Waals surface area contributed by atoms with Gasteiger partial charge in [0.15, 0.2) is 0 Å². The highest BCUT2D eigenvalue weighted by atomic mass is 28.3. The Labute approximate surface area is 256 Å². The van der Waals surface area contributed by atoms with Crippen LogP contribution in [0.2, 0.25) is 25.7 Å². The minimum Gasteiger partial charge on any atom is -0.478 e. The number of nitrogens with zero attached hydrogens (tertiary/aromatic N) is 3. The molecule has 0 aliphatic carbocycles. The molecule has 1 unspecified atom stereocenters. The molecule has 0 bridgehead atoms. The fourth-order valence-electron chi connectivity index (χ4n) is 4.60. The van der Waals surface area contributed by atoms with Crippen LogP contribution in [0.15, 0.2) is 54.7 Å². The number of ether oxygens (including phenoxy) is 2. The van der Waals surface area contributed by atoms with E-state index >= 15 is 0 Å². The lowest BCUT2D eigenvalue weighted by atomic mass is 9.94. The van der Waals surface area contributed by atoms with Crippen LogP contribution < -0.4 is 5.32 Å². The normalized spacial score (nSPS) is 12.7. The van der Waals surface area contributed by atoms with Gasteiger partial charge >= 0.3 is 12.1 Å². The summed E-state index contributed by atoms with van der Waals surface area (Å²) >= 11 is 0. The van der Waals surface area contributed by atoms with Gasteiger partial charge in [-0.25, -0.2) is 28.0 Å². The number of fused-ring (bicyclic) bond motifs is 1. The molecule has 2 aromatic carbocycles. The maximum absolute atomic E-state index is 14.2. The van der Waals surface area contributed by atoms with E-state index in [9.17, 15) is 23.5 Å². The van der Waals surface area contributed by atoms with Gasteiger partial charge in [0.2, 0.25) is 0 Å². The zero-order valence-electron chi connectivity index (χ0n) is 25.8. The van der Waals surface area contributed by atoms with Gasteiger partial charge in [-0.05, 0) is 74.7 Å². The highest BCUT2D eigenvalue weighted by Gasteiger charge is 2.26. The van der Waals surface area contributed by atoms with Crippen LogP contribution in [0.3, 0.4) is 0 Å². The van der Waals surface area contributed by atoms with Crippen LogP contribution in [0, 0.1) is 11.6 Å². The van der Waals surface area contributed by atoms with Gasteiger partial charge in [-0.3, -0.25) is 0 Å². The number of carbonyl (C=O) groups is 2. The van der Waals surface area contributed by atoms with Crippen molar-refractivity contribution in [1.29, 1.82) is 0 Å². The molecule has 1 amide bonds. The number of benzene rings is 2. The molecule has 0 aliphatic rings. The summed E-state index contributed by atoms with van der Waals surface area (Å²) < 4.78 is 41.5. The first-order valence-corrected chi connectivity index (χ1v) is 18.0. The number of hydrogen-bond acceptors (Lipinski definition) is 6. The number of carboxylic acid groups (broad SMARTS) is 1. The van der Waals surface area contributed by atoms with Gasteiger partial charge in [-0.1, -0.05) is 31.8 Å². The number of halogens is 2. The molecule has 0 saturated heterocycles. The lowest BCUT2D eigenvalue weighted by molar-refractivity contribution is 0.0502. The van der Waals surface area contributed by atoms with E-state index in [1.54, 1.807) is 43.8 Å². The van der Waals surface area contributed by atoms with Crippen molar-refractivity contribution in [3.05, 3.63) is 83.2 Å².